The molecule has 0 radical (unpaired) electrons. The summed E-state index contributed by atoms with van der Waals surface area (Å²) in [5, 5.41) is 17.7. The highest BCUT2D eigenvalue weighted by Crippen LogP contribution is 2.27. The summed E-state index contributed by atoms with van der Waals surface area (Å²) < 4.78 is 0.924. The van der Waals surface area contributed by atoms with E-state index in [0.29, 0.717) is 17.2 Å². The molecule has 2 aromatic rings. The van der Waals surface area contributed by atoms with Crippen LogP contribution in [-0.2, 0) is 0 Å². The number of aryl methyl sites for hydroxylation is 3. The van der Waals surface area contributed by atoms with Gasteiger partial charge in [-0.2, -0.15) is 0 Å². The van der Waals surface area contributed by atoms with Crippen LogP contribution in [0.3, 0.4) is 0 Å². The van der Waals surface area contributed by atoms with Crippen molar-refractivity contribution in [3.63, 3.8) is 0 Å². The third-order valence-corrected chi connectivity index (χ3v) is 2.97. The van der Waals surface area contributed by atoms with Crippen LogP contribution in [0.25, 0.3) is 0 Å². The second-order valence-electron chi connectivity index (χ2n) is 4.60. The standard InChI is InChI=1S/C14H16N4O/c1-9-4-5-18(19)14(6-9)17-16-13-8-11(3)10(2)7-12(13)15/h4-8,15,19H,1-3H3/p+1. The molecule has 0 saturated heterocycles. The zero-order chi connectivity index (χ0) is 14.0. The van der Waals surface area contributed by atoms with E-state index >= 15 is 0 Å². The molecule has 0 fully saturated rings. The Morgan fingerprint density at radius 2 is 1.74 bits per heavy atom. The van der Waals surface area contributed by atoms with Gasteiger partial charge in [-0.25, -0.2) is 0 Å². The SMILES string of the molecule is Cc1cc[n+](O)c(N=Nc2cc(C)c(C)cc2N)c1. The van der Waals surface area contributed by atoms with Gasteiger partial charge < -0.3 is 10.9 Å². The molecular weight excluding hydrogens is 240 g/mol. The van der Waals surface area contributed by atoms with E-state index in [1.807, 2.05) is 32.9 Å². The summed E-state index contributed by atoms with van der Waals surface area (Å²) in [6.07, 6.45) is 1.52. The van der Waals surface area contributed by atoms with E-state index < -0.39 is 0 Å². The van der Waals surface area contributed by atoms with Crippen LogP contribution in [0, 0.1) is 20.8 Å². The predicted molar refractivity (Wildman–Crippen MR) is 73.1 cm³/mol. The molecule has 1 aromatic heterocycles. The van der Waals surface area contributed by atoms with Crippen molar-refractivity contribution in [3.05, 3.63) is 47.2 Å². The lowest BCUT2D eigenvalue weighted by molar-refractivity contribution is -0.894. The lowest BCUT2D eigenvalue weighted by Gasteiger charge is -2.02. The molecule has 98 valence electrons. The predicted octanol–water partition coefficient (Wildman–Crippen LogP) is 3.13. The van der Waals surface area contributed by atoms with Crippen LogP contribution in [-0.4, -0.2) is 5.21 Å². The average molecular weight is 257 g/mol. The molecule has 0 bridgehead atoms. The van der Waals surface area contributed by atoms with Crippen LogP contribution in [0.1, 0.15) is 16.7 Å². The number of anilines is 1. The van der Waals surface area contributed by atoms with E-state index in [4.69, 9.17) is 5.73 Å². The third-order valence-electron chi connectivity index (χ3n) is 2.97. The highest BCUT2D eigenvalue weighted by Gasteiger charge is 2.10. The van der Waals surface area contributed by atoms with Gasteiger partial charge in [-0.15, -0.1) is 0 Å². The molecule has 0 spiro atoms. The first-order chi connectivity index (χ1) is 8.97. The van der Waals surface area contributed by atoms with Crippen LogP contribution in [0.15, 0.2) is 40.7 Å². The zero-order valence-electron chi connectivity index (χ0n) is 11.3. The summed E-state index contributed by atoms with van der Waals surface area (Å²) in [5.41, 5.74) is 10.3. The summed E-state index contributed by atoms with van der Waals surface area (Å²) in [5.74, 6) is 0.359. The fourth-order valence-corrected chi connectivity index (χ4v) is 1.67. The molecule has 2 rings (SSSR count). The molecule has 0 aliphatic rings. The second kappa shape index (κ2) is 5.06. The van der Waals surface area contributed by atoms with Crippen LogP contribution in [0.2, 0.25) is 0 Å². The third kappa shape index (κ3) is 2.88. The first-order valence-electron chi connectivity index (χ1n) is 5.97. The van der Waals surface area contributed by atoms with Gasteiger partial charge in [0, 0.05) is 6.07 Å². The summed E-state index contributed by atoms with van der Waals surface area (Å²) >= 11 is 0. The van der Waals surface area contributed by atoms with E-state index in [2.05, 4.69) is 10.2 Å². The van der Waals surface area contributed by atoms with E-state index in [1.165, 1.54) is 6.20 Å². The van der Waals surface area contributed by atoms with Crippen molar-refractivity contribution < 1.29 is 9.94 Å². The topological polar surface area (TPSA) is 74.8 Å². The van der Waals surface area contributed by atoms with E-state index in [-0.39, 0.29) is 0 Å². The van der Waals surface area contributed by atoms with Crippen LogP contribution in [0.4, 0.5) is 17.2 Å². The smallest absolute Gasteiger partial charge is 0.388 e. The molecule has 0 aliphatic carbocycles. The monoisotopic (exact) mass is 257 g/mol. The van der Waals surface area contributed by atoms with Crippen molar-refractivity contribution in [2.75, 3.05) is 5.73 Å². The Hall–Kier alpha value is -2.43. The van der Waals surface area contributed by atoms with Crippen LogP contribution < -0.4 is 10.5 Å². The number of hydrogen-bond acceptors (Lipinski definition) is 4. The van der Waals surface area contributed by atoms with Gasteiger partial charge in [0.1, 0.15) is 11.9 Å². The minimum atomic E-state index is 0.359. The molecule has 0 aliphatic heterocycles. The number of nitrogen functional groups attached to an aromatic ring is 1. The van der Waals surface area contributed by atoms with Gasteiger partial charge in [0.15, 0.2) is 0 Å². The maximum absolute atomic E-state index is 9.61. The highest BCUT2D eigenvalue weighted by atomic mass is 16.5. The second-order valence-corrected chi connectivity index (χ2v) is 4.60. The van der Waals surface area contributed by atoms with Crippen LogP contribution in [0.5, 0.6) is 0 Å². The van der Waals surface area contributed by atoms with E-state index in [1.54, 1.807) is 12.1 Å². The molecule has 3 N–H and O–H groups in total. The maximum Gasteiger partial charge on any atom is 0.388 e. The Labute approximate surface area is 112 Å². The lowest BCUT2D eigenvalue weighted by atomic mass is 10.1. The number of nitrogens with two attached hydrogens (primary N) is 1. The van der Waals surface area contributed by atoms with Crippen LogP contribution >= 0.6 is 0 Å². The summed E-state index contributed by atoms with van der Waals surface area (Å²) in [6.45, 7) is 5.91. The Morgan fingerprint density at radius 3 is 2.47 bits per heavy atom. The molecule has 5 heteroatoms. The first kappa shape index (κ1) is 13.0. The first-order valence-corrected chi connectivity index (χ1v) is 5.97. The van der Waals surface area contributed by atoms with Gasteiger partial charge in [0.2, 0.25) is 0 Å². The Kier molecular flexibility index (Phi) is 3.46. The summed E-state index contributed by atoms with van der Waals surface area (Å²) in [6, 6.07) is 7.27. The van der Waals surface area contributed by atoms with Gasteiger partial charge in [-0.3, -0.25) is 0 Å². The van der Waals surface area contributed by atoms with Crippen molar-refractivity contribution >= 4 is 17.2 Å². The molecule has 0 atom stereocenters. The fraction of sp³-hybridized carbons (Fsp3) is 0.214. The molecular formula is C14H17N4O+. The van der Waals surface area contributed by atoms with Gasteiger partial charge in [-0.1, -0.05) is 0 Å². The van der Waals surface area contributed by atoms with Crippen molar-refractivity contribution in [2.24, 2.45) is 10.2 Å². The Bertz CT molecular complexity index is 650. The minimum Gasteiger partial charge on any atom is -0.397 e. The Morgan fingerprint density at radius 1 is 1.05 bits per heavy atom. The highest BCUT2D eigenvalue weighted by molar-refractivity contribution is 5.64. The van der Waals surface area contributed by atoms with Crippen molar-refractivity contribution in [2.45, 2.75) is 20.8 Å². The molecule has 0 unspecified atom stereocenters. The largest absolute Gasteiger partial charge is 0.397 e. The number of benzene rings is 1. The summed E-state index contributed by atoms with van der Waals surface area (Å²) in [7, 11) is 0. The van der Waals surface area contributed by atoms with Crippen molar-refractivity contribution in [1.29, 1.82) is 0 Å². The van der Waals surface area contributed by atoms with Gasteiger partial charge >= 0.3 is 5.82 Å². The fourth-order valence-electron chi connectivity index (χ4n) is 1.67. The number of pyridine rings is 1. The molecule has 0 amide bonds. The average Bonchev–Trinajstić information content (AvgIpc) is 2.36. The molecule has 1 aromatic carbocycles. The quantitative estimate of drug-likeness (QED) is 0.375. The number of hydrogen-bond donors (Lipinski definition) is 2. The molecule has 19 heavy (non-hydrogen) atoms. The van der Waals surface area contributed by atoms with Crippen molar-refractivity contribution in [3.8, 4) is 0 Å². The minimum absolute atomic E-state index is 0.359. The van der Waals surface area contributed by atoms with Gasteiger partial charge in [-0.05, 0) is 65.5 Å². The number of rotatable bonds is 2. The Balaban J connectivity index is 2.38. The summed E-state index contributed by atoms with van der Waals surface area (Å²) in [4.78, 5) is 0. The van der Waals surface area contributed by atoms with Gasteiger partial charge in [0.25, 0.3) is 0 Å². The zero-order valence-corrected chi connectivity index (χ0v) is 11.3. The number of aromatic nitrogens is 1. The molecule has 0 saturated carbocycles. The van der Waals surface area contributed by atoms with E-state index in [0.717, 1.165) is 21.4 Å². The molecule has 1 heterocycles. The maximum atomic E-state index is 9.61. The number of azo groups is 1. The van der Waals surface area contributed by atoms with Crippen molar-refractivity contribution in [1.82, 2.24) is 0 Å². The lowest BCUT2D eigenvalue weighted by Crippen LogP contribution is -2.29. The van der Waals surface area contributed by atoms with Gasteiger partial charge in [0.05, 0.1) is 10.8 Å². The number of nitrogens with zero attached hydrogens (tertiary/aromatic N) is 3. The normalized spacial score (nSPS) is 11.1. The molecule has 5 nitrogen and oxygen atoms in total. The van der Waals surface area contributed by atoms with E-state index in [9.17, 15) is 5.21 Å².